The number of nitrogens with zero attached hydrogens (tertiary/aromatic N) is 4. The lowest BCUT2D eigenvalue weighted by Gasteiger charge is -2.41. The van der Waals surface area contributed by atoms with Crippen LogP contribution in [-0.4, -0.2) is 43.4 Å². The van der Waals surface area contributed by atoms with Gasteiger partial charge in [-0.2, -0.15) is 0 Å². The van der Waals surface area contributed by atoms with E-state index < -0.39 is 0 Å². The Morgan fingerprint density at radius 2 is 1.66 bits per heavy atom. The number of hydrogen-bond donors (Lipinski definition) is 0. The van der Waals surface area contributed by atoms with E-state index in [9.17, 15) is 4.79 Å². The van der Waals surface area contributed by atoms with E-state index in [1.165, 1.54) is 50.3 Å². The van der Waals surface area contributed by atoms with Crippen molar-refractivity contribution in [2.24, 2.45) is 0 Å². The van der Waals surface area contributed by atoms with Crippen molar-refractivity contribution in [3.8, 4) is 11.4 Å². The lowest BCUT2D eigenvalue weighted by Crippen LogP contribution is -2.49. The van der Waals surface area contributed by atoms with Crippen LogP contribution in [0.5, 0.6) is 0 Å². The van der Waals surface area contributed by atoms with Crippen LogP contribution in [0.3, 0.4) is 0 Å². The van der Waals surface area contributed by atoms with Gasteiger partial charge in [0.15, 0.2) is 5.82 Å². The first kappa shape index (κ1) is 23.6. The number of amides is 1. The molecule has 0 atom stereocenters. The quantitative estimate of drug-likeness (QED) is 0.297. The number of thioether (sulfide) groups is 1. The van der Waals surface area contributed by atoms with Gasteiger partial charge >= 0.3 is 0 Å². The zero-order valence-corrected chi connectivity index (χ0v) is 21.1. The van der Waals surface area contributed by atoms with Gasteiger partial charge in [0, 0.05) is 22.1 Å². The molecule has 32 heavy (non-hydrogen) atoms. The summed E-state index contributed by atoms with van der Waals surface area (Å²) >= 11 is 4.95. The number of benzene rings is 1. The van der Waals surface area contributed by atoms with Gasteiger partial charge in [-0.1, -0.05) is 84.4 Å². The Balaban J connectivity index is 1.48. The molecule has 0 saturated heterocycles. The summed E-state index contributed by atoms with van der Waals surface area (Å²) in [6.45, 7) is 4.44. The standard InChI is InChI=1S/C25H33BrN4OS/c1-2-17-29-24(19-13-15-20(26)16-14-19)27-25(28-29)32-18-23(31)30(21-9-5-3-6-10-21)22-11-7-4-8-12-22/h2,13-16,21-22H,1,3-12,17-18H2. The molecule has 0 bridgehead atoms. The average Bonchev–Trinajstić information content (AvgIpc) is 3.23. The molecule has 1 amide bonds. The van der Waals surface area contributed by atoms with Crippen LogP contribution < -0.4 is 0 Å². The van der Waals surface area contributed by atoms with Crippen molar-refractivity contribution in [1.82, 2.24) is 19.7 Å². The molecule has 4 rings (SSSR count). The number of aromatic nitrogens is 3. The van der Waals surface area contributed by atoms with Crippen LogP contribution in [0.25, 0.3) is 11.4 Å². The molecule has 0 spiro atoms. The molecule has 1 aromatic carbocycles. The lowest BCUT2D eigenvalue weighted by molar-refractivity contribution is -0.135. The van der Waals surface area contributed by atoms with Crippen LogP contribution in [0.1, 0.15) is 64.2 Å². The van der Waals surface area contributed by atoms with Crippen LogP contribution in [0.4, 0.5) is 0 Å². The maximum atomic E-state index is 13.5. The summed E-state index contributed by atoms with van der Waals surface area (Å²) in [4.78, 5) is 20.5. The van der Waals surface area contributed by atoms with Crippen molar-refractivity contribution in [1.29, 1.82) is 0 Å². The molecule has 2 fully saturated rings. The number of halogens is 1. The molecular formula is C25H33BrN4OS. The second-order valence-electron chi connectivity index (χ2n) is 8.87. The van der Waals surface area contributed by atoms with Gasteiger partial charge in [-0.15, -0.1) is 11.7 Å². The summed E-state index contributed by atoms with van der Waals surface area (Å²) < 4.78 is 2.89. The van der Waals surface area contributed by atoms with Crippen molar-refractivity contribution in [3.05, 3.63) is 41.4 Å². The minimum absolute atomic E-state index is 0.263. The molecule has 5 nitrogen and oxygen atoms in total. The fourth-order valence-corrected chi connectivity index (χ4v) is 6.04. The third-order valence-electron chi connectivity index (χ3n) is 6.61. The summed E-state index contributed by atoms with van der Waals surface area (Å²) in [6.07, 6.45) is 14.1. The Hall–Kier alpha value is -1.60. The molecule has 7 heteroatoms. The summed E-state index contributed by atoms with van der Waals surface area (Å²) in [5, 5.41) is 5.33. The summed E-state index contributed by atoms with van der Waals surface area (Å²) in [6, 6.07) is 8.91. The van der Waals surface area contributed by atoms with E-state index >= 15 is 0 Å². The van der Waals surface area contributed by atoms with Gasteiger partial charge in [0.2, 0.25) is 11.1 Å². The van der Waals surface area contributed by atoms with E-state index in [2.05, 4.69) is 32.5 Å². The monoisotopic (exact) mass is 516 g/mol. The first-order chi connectivity index (χ1) is 15.7. The molecule has 1 aromatic heterocycles. The third-order valence-corrected chi connectivity index (χ3v) is 7.96. The maximum Gasteiger partial charge on any atom is 0.233 e. The Morgan fingerprint density at radius 1 is 1.06 bits per heavy atom. The number of allylic oxidation sites excluding steroid dienone is 1. The van der Waals surface area contributed by atoms with E-state index in [0.717, 1.165) is 41.5 Å². The zero-order valence-electron chi connectivity index (χ0n) is 18.7. The van der Waals surface area contributed by atoms with Crippen molar-refractivity contribution < 1.29 is 4.79 Å². The summed E-state index contributed by atoms with van der Waals surface area (Å²) in [7, 11) is 0. The number of carbonyl (C=O) groups excluding carboxylic acids is 1. The van der Waals surface area contributed by atoms with Crippen molar-refractivity contribution in [3.63, 3.8) is 0 Å². The fraction of sp³-hybridized carbons (Fsp3) is 0.560. The third kappa shape index (κ3) is 5.84. The second kappa shape index (κ2) is 11.5. The molecule has 1 heterocycles. The maximum absolute atomic E-state index is 13.5. The Labute approximate surface area is 204 Å². The van der Waals surface area contributed by atoms with Crippen molar-refractivity contribution >= 4 is 33.6 Å². The molecule has 0 radical (unpaired) electrons. The topological polar surface area (TPSA) is 51.0 Å². The zero-order chi connectivity index (χ0) is 22.3. The first-order valence-corrected chi connectivity index (χ1v) is 13.7. The molecule has 0 unspecified atom stereocenters. The summed E-state index contributed by atoms with van der Waals surface area (Å²) in [5.74, 6) is 1.48. The molecule has 2 aromatic rings. The van der Waals surface area contributed by atoms with Gasteiger partial charge in [-0.05, 0) is 37.8 Å². The van der Waals surface area contributed by atoms with E-state index in [1.54, 1.807) is 0 Å². The normalized spacial score (nSPS) is 17.9. The highest BCUT2D eigenvalue weighted by molar-refractivity contribution is 9.10. The first-order valence-electron chi connectivity index (χ1n) is 11.9. The van der Waals surface area contributed by atoms with E-state index in [0.29, 0.717) is 29.5 Å². The number of hydrogen-bond acceptors (Lipinski definition) is 4. The van der Waals surface area contributed by atoms with Gasteiger partial charge in [-0.3, -0.25) is 4.79 Å². The van der Waals surface area contributed by atoms with E-state index in [-0.39, 0.29) is 5.91 Å². The van der Waals surface area contributed by atoms with Crippen LogP contribution in [0.2, 0.25) is 0 Å². The highest BCUT2D eigenvalue weighted by Gasteiger charge is 2.32. The molecule has 2 aliphatic rings. The number of rotatable bonds is 8. The van der Waals surface area contributed by atoms with Gasteiger partial charge < -0.3 is 4.90 Å². The van der Waals surface area contributed by atoms with Crippen molar-refractivity contribution in [2.45, 2.75) is 88.0 Å². The summed E-state index contributed by atoms with van der Waals surface area (Å²) in [5.41, 5.74) is 1.01. The Bertz CT molecular complexity index is 883. The van der Waals surface area contributed by atoms with Gasteiger partial charge in [0.25, 0.3) is 0 Å². The van der Waals surface area contributed by atoms with E-state index in [1.807, 2.05) is 35.0 Å². The smallest absolute Gasteiger partial charge is 0.233 e. The largest absolute Gasteiger partial charge is 0.336 e. The predicted molar refractivity (Wildman–Crippen MR) is 135 cm³/mol. The van der Waals surface area contributed by atoms with Crippen LogP contribution in [0.15, 0.2) is 46.5 Å². The number of carbonyl (C=O) groups is 1. The van der Waals surface area contributed by atoms with Gasteiger partial charge in [-0.25, -0.2) is 9.67 Å². The highest BCUT2D eigenvalue weighted by Crippen LogP contribution is 2.31. The van der Waals surface area contributed by atoms with Crippen LogP contribution in [-0.2, 0) is 11.3 Å². The van der Waals surface area contributed by atoms with Gasteiger partial charge in [0.05, 0.1) is 12.3 Å². The molecule has 0 aliphatic heterocycles. The minimum atomic E-state index is 0.263. The van der Waals surface area contributed by atoms with Crippen LogP contribution >= 0.6 is 27.7 Å². The molecule has 2 saturated carbocycles. The average molecular weight is 518 g/mol. The molecular weight excluding hydrogens is 484 g/mol. The Kier molecular flexibility index (Phi) is 8.47. The molecule has 2 aliphatic carbocycles. The predicted octanol–water partition coefficient (Wildman–Crippen LogP) is 6.48. The fourth-order valence-electron chi connectivity index (χ4n) is 5.07. The second-order valence-corrected chi connectivity index (χ2v) is 10.7. The highest BCUT2D eigenvalue weighted by atomic mass is 79.9. The van der Waals surface area contributed by atoms with Crippen molar-refractivity contribution in [2.75, 3.05) is 5.75 Å². The lowest BCUT2D eigenvalue weighted by atomic mass is 9.88. The molecule has 0 N–H and O–H groups in total. The SMILES string of the molecule is C=CCn1nc(SCC(=O)N(C2CCCCC2)C2CCCCC2)nc1-c1ccc(Br)cc1. The molecule has 172 valence electrons. The Morgan fingerprint density at radius 3 is 2.22 bits per heavy atom. The minimum Gasteiger partial charge on any atom is -0.336 e. The van der Waals surface area contributed by atoms with E-state index in [4.69, 9.17) is 4.98 Å². The van der Waals surface area contributed by atoms with Gasteiger partial charge in [0.1, 0.15) is 0 Å². The van der Waals surface area contributed by atoms with Crippen LogP contribution in [0, 0.1) is 0 Å².